The smallest absolute Gasteiger partial charge is 0.213 e. The number of aryl methyl sites for hydroxylation is 14. The molecule has 10 heteroatoms. The van der Waals surface area contributed by atoms with Gasteiger partial charge in [0.25, 0.3) is 0 Å². The van der Waals surface area contributed by atoms with Crippen molar-refractivity contribution in [3.8, 4) is 113 Å². The predicted octanol–water partition coefficient (Wildman–Crippen LogP) is 24.6. The van der Waals surface area contributed by atoms with Crippen LogP contribution >= 0.6 is 0 Å². The summed E-state index contributed by atoms with van der Waals surface area (Å²) in [5, 5.41) is 0. The zero-order valence-electron chi connectivity index (χ0n) is 80.7. The molecule has 10 nitrogen and oxygen atoms in total. The summed E-state index contributed by atoms with van der Waals surface area (Å²) in [6.07, 6.45) is 41.7. The molecule has 1 unspecified atom stereocenters. The van der Waals surface area contributed by atoms with Crippen LogP contribution in [0.25, 0.3) is 113 Å². The zero-order chi connectivity index (χ0) is 91.0. The van der Waals surface area contributed by atoms with Crippen LogP contribution < -0.4 is 22.8 Å². The van der Waals surface area contributed by atoms with E-state index in [1.807, 2.05) is 70.1 Å². The van der Waals surface area contributed by atoms with Crippen LogP contribution in [0, 0.1) is 55.4 Å². The normalized spacial score (nSPS) is 17.5. The molecule has 4 fully saturated rings. The van der Waals surface area contributed by atoms with E-state index in [1.54, 1.807) is 6.20 Å². The molecule has 10 aromatic heterocycles. The Kier molecular flexibility index (Phi) is 20.5. The standard InChI is InChI=1S/C25H27N2.2C24H25N2.C23H23N2.C22H23N2/c1-4-18-11-15-27(3)21(16-18)22-17(2)9-10-19-23(22)25(12-5-6-13-25)20-8-7-14-26-24(19)20;2*1-16-10-14-26(3)20(15-16)21-17(2)8-9-18-22(21)24(11-4-5-12-24)19-7-6-13-25-23(18)19;1-16-10-11-17-21(20(16)19-9-3-6-15-25(19)2)23(12-4-5-13-23)18-8-7-14-24-22(17)18;1-14-10-12-24(5)18(13-14)19-15(2)8-9-16-20(19)22(3,4)17-7-6-11-23-21(16)17/h7-11,14-16H,4-6,12-13H2,1-3H3;2*6-10,13-15H,4-5,11-12H2,1-3H3;3,6-11,14-15H,4-5,12-13H2,1-2H3;6-13H,1-5H3/q5*+1/i;;;;3D3. The first-order valence-electron chi connectivity index (χ1n) is 48.6. The minimum atomic E-state index is -2.19. The molecule has 0 saturated heterocycles. The van der Waals surface area contributed by atoms with Crippen LogP contribution in [-0.4, -0.2) is 24.9 Å². The summed E-state index contributed by atoms with van der Waals surface area (Å²) in [5.74, 6) is 0. The summed E-state index contributed by atoms with van der Waals surface area (Å²) in [6, 6.07) is 68.3. The van der Waals surface area contributed by atoms with Crippen molar-refractivity contribution in [3.05, 3.63) is 356 Å². The number of aromatic nitrogens is 10. The molecule has 0 bridgehead atoms. The van der Waals surface area contributed by atoms with Crippen molar-refractivity contribution in [2.75, 3.05) is 0 Å². The molecular weight excluding hydrogens is 1560 g/mol. The molecule has 1 atom stereocenters. The van der Waals surface area contributed by atoms with E-state index in [1.165, 1.54) is 276 Å². The molecule has 15 aromatic rings. The van der Waals surface area contributed by atoms with E-state index in [4.69, 9.17) is 24.0 Å². The number of nitrogens with zero attached hydrogens (tertiary/aromatic N) is 10. The van der Waals surface area contributed by atoms with Crippen LogP contribution in [0.5, 0.6) is 0 Å². The van der Waals surface area contributed by atoms with Crippen molar-refractivity contribution in [2.45, 2.75) is 212 Å². The van der Waals surface area contributed by atoms with Gasteiger partial charge in [0.05, 0.1) is 56.3 Å². The van der Waals surface area contributed by atoms with Gasteiger partial charge in [0.1, 0.15) is 35.2 Å². The number of benzene rings is 5. The molecule has 0 radical (unpaired) electrons. The first kappa shape index (κ1) is 80.2. The second-order valence-corrected chi connectivity index (χ2v) is 38.9. The van der Waals surface area contributed by atoms with Gasteiger partial charge in [0, 0.05) is 151 Å². The van der Waals surface area contributed by atoms with Crippen molar-refractivity contribution >= 4 is 0 Å². The molecule has 5 aromatic carbocycles. The van der Waals surface area contributed by atoms with E-state index < -0.39 is 12.3 Å². The van der Waals surface area contributed by atoms with E-state index in [9.17, 15) is 0 Å². The van der Waals surface area contributed by atoms with Crippen LogP contribution in [0.1, 0.15) is 233 Å². The highest BCUT2D eigenvalue weighted by molar-refractivity contribution is 5.92. The van der Waals surface area contributed by atoms with E-state index in [0.29, 0.717) is 0 Å². The highest BCUT2D eigenvalue weighted by Crippen LogP contribution is 2.64. The lowest BCUT2D eigenvalue weighted by Gasteiger charge is -2.28. The molecule has 9 aliphatic rings. The quantitative estimate of drug-likeness (QED) is 0.155. The van der Waals surface area contributed by atoms with Gasteiger partial charge in [-0.3, -0.25) is 24.9 Å². The average molecular weight is 1680 g/mol. The number of hydrogen-bond donors (Lipinski definition) is 0. The largest absolute Gasteiger partial charge is 0.256 e. The summed E-state index contributed by atoms with van der Waals surface area (Å²) < 4.78 is 36.4. The monoisotopic (exact) mass is 1680 g/mol. The van der Waals surface area contributed by atoms with Gasteiger partial charge in [-0.15, -0.1) is 0 Å². The predicted molar refractivity (Wildman–Crippen MR) is 518 cm³/mol. The molecule has 4 saturated carbocycles. The molecule has 4 spiro atoms. The van der Waals surface area contributed by atoms with Gasteiger partial charge in [-0.1, -0.05) is 163 Å². The fraction of sp³-hybridized carbons (Fsp3) is 0.322. The van der Waals surface area contributed by atoms with Gasteiger partial charge in [-0.2, -0.15) is 0 Å². The van der Waals surface area contributed by atoms with E-state index >= 15 is 0 Å². The molecule has 0 N–H and O–H groups in total. The summed E-state index contributed by atoms with van der Waals surface area (Å²) in [6.45, 7) is 19.4. The molecule has 0 aliphatic heterocycles. The van der Waals surface area contributed by atoms with Gasteiger partial charge < -0.3 is 0 Å². The second-order valence-electron chi connectivity index (χ2n) is 38.9. The van der Waals surface area contributed by atoms with E-state index in [2.05, 4.69) is 306 Å². The van der Waals surface area contributed by atoms with Crippen molar-refractivity contribution in [1.29, 1.82) is 0 Å². The third-order valence-corrected chi connectivity index (χ3v) is 31.1. The maximum Gasteiger partial charge on any atom is 0.213 e. The molecule has 640 valence electrons. The fourth-order valence-electron chi connectivity index (χ4n) is 25.0. The Balaban J connectivity index is 0.000000102. The third-order valence-electron chi connectivity index (χ3n) is 31.1. The molecule has 0 amide bonds. The fourth-order valence-corrected chi connectivity index (χ4v) is 25.0. The Labute approximate surface area is 763 Å². The molecule has 9 aliphatic carbocycles. The topological polar surface area (TPSA) is 83.9 Å². The van der Waals surface area contributed by atoms with E-state index in [0.717, 1.165) is 51.2 Å². The Morgan fingerprint density at radius 3 is 0.852 bits per heavy atom. The summed E-state index contributed by atoms with van der Waals surface area (Å²) in [5.41, 5.74) is 49.7. The summed E-state index contributed by atoms with van der Waals surface area (Å²) in [7, 11) is 10.6. The maximum atomic E-state index is 8.41. The van der Waals surface area contributed by atoms with Crippen LogP contribution in [0.2, 0.25) is 0 Å². The summed E-state index contributed by atoms with van der Waals surface area (Å²) >= 11 is 0. The van der Waals surface area contributed by atoms with Crippen molar-refractivity contribution in [3.63, 3.8) is 0 Å². The third kappa shape index (κ3) is 13.3. The maximum absolute atomic E-state index is 8.41. The highest BCUT2D eigenvalue weighted by Gasteiger charge is 2.53. The van der Waals surface area contributed by atoms with Crippen LogP contribution in [-0.2, 0) is 68.7 Å². The zero-order valence-corrected chi connectivity index (χ0v) is 77.7. The lowest BCUT2D eigenvalue weighted by Crippen LogP contribution is -2.32. The Hall–Kier alpha value is -12.4. The number of hydrogen-bond acceptors (Lipinski definition) is 5. The van der Waals surface area contributed by atoms with Gasteiger partial charge in [0.15, 0.2) is 31.0 Å². The molecular formula is C118H123N10+5. The number of pyridine rings is 10. The van der Waals surface area contributed by atoms with Crippen LogP contribution in [0.15, 0.2) is 250 Å². The first-order chi connectivity index (χ1) is 63.3. The Morgan fingerprint density at radius 2 is 0.547 bits per heavy atom. The molecule has 128 heavy (non-hydrogen) atoms. The Bertz CT molecular complexity index is 6940. The summed E-state index contributed by atoms with van der Waals surface area (Å²) in [4.78, 5) is 23.8. The van der Waals surface area contributed by atoms with Crippen molar-refractivity contribution in [2.24, 2.45) is 35.2 Å². The molecule has 10 heterocycles. The van der Waals surface area contributed by atoms with Gasteiger partial charge in [0.2, 0.25) is 28.5 Å². The second kappa shape index (κ2) is 32.7. The van der Waals surface area contributed by atoms with Crippen LogP contribution in [0.3, 0.4) is 0 Å². The van der Waals surface area contributed by atoms with Gasteiger partial charge in [-0.05, 0) is 255 Å². The number of fused-ring (bicyclic) bond motifs is 23. The minimum Gasteiger partial charge on any atom is -0.256 e. The average Bonchev–Trinajstić information content (AvgIpc) is 1.56. The minimum absolute atomic E-state index is 0.148. The van der Waals surface area contributed by atoms with Crippen molar-refractivity contribution < 1.29 is 26.9 Å². The van der Waals surface area contributed by atoms with Gasteiger partial charge >= 0.3 is 0 Å². The first-order valence-corrected chi connectivity index (χ1v) is 47.1. The van der Waals surface area contributed by atoms with E-state index in [-0.39, 0.29) is 21.7 Å². The van der Waals surface area contributed by atoms with Crippen molar-refractivity contribution in [1.82, 2.24) is 24.9 Å². The lowest BCUT2D eigenvalue weighted by molar-refractivity contribution is -0.660. The number of rotatable bonds is 6. The van der Waals surface area contributed by atoms with Gasteiger partial charge in [-0.25, -0.2) is 22.8 Å². The molecule has 24 rings (SSSR count). The Morgan fingerprint density at radius 1 is 0.281 bits per heavy atom. The SMILES string of the molecule is CCc1cc[n+](C)c(-c2c(C)ccc3c2C2(CCCC2)c2cccnc2-3)c1.Cc1cc[n+](C)c(-c2c(C)ccc3c2C2(CCCC2)c2cccnc2-3)c1.Cc1cc[n+](C)c(-c2c(C)ccc3c2C2(CCCC2)c2cccnc2-3)c1.Cc1ccc2c(c1-c1cccc[n+]1C)C1(CCCC1)c1cccnc1-2.[2H]C([2H])([2H])C1(C)c2cccnc2-c2ccc(C)c(-c3cc(C)cc[n+]3C)c21. The lowest BCUT2D eigenvalue weighted by atomic mass is 9.74. The van der Waals surface area contributed by atoms with Crippen LogP contribution in [0.4, 0.5) is 0 Å². The highest BCUT2D eigenvalue weighted by atomic mass is 14.9.